The van der Waals surface area contributed by atoms with Gasteiger partial charge in [0.2, 0.25) is 5.95 Å². The van der Waals surface area contributed by atoms with Crippen molar-refractivity contribution in [2.45, 2.75) is 6.54 Å². The van der Waals surface area contributed by atoms with E-state index in [0.29, 0.717) is 37.6 Å². The van der Waals surface area contributed by atoms with E-state index in [1.807, 2.05) is 24.3 Å². The zero-order chi connectivity index (χ0) is 22.8. The van der Waals surface area contributed by atoms with Crippen LogP contribution in [0.15, 0.2) is 42.7 Å². The third-order valence-corrected chi connectivity index (χ3v) is 6.80. The lowest BCUT2D eigenvalue weighted by molar-refractivity contribution is 0.0606. The van der Waals surface area contributed by atoms with Crippen LogP contribution in [0.5, 0.6) is 0 Å². The van der Waals surface area contributed by atoms with Crippen LogP contribution in [-0.4, -0.2) is 33.0 Å². The van der Waals surface area contributed by atoms with Crippen LogP contribution >= 0.6 is 58.4 Å². The van der Waals surface area contributed by atoms with E-state index in [4.69, 9.17) is 51.8 Å². The van der Waals surface area contributed by atoms with Gasteiger partial charge in [-0.1, -0.05) is 40.9 Å². The number of benzene rings is 2. The lowest BCUT2D eigenvalue weighted by atomic mass is 10.2. The molecule has 164 valence electrons. The van der Waals surface area contributed by atoms with Gasteiger partial charge in [0, 0.05) is 25.8 Å². The van der Waals surface area contributed by atoms with Crippen LogP contribution in [0.1, 0.15) is 15.2 Å². The number of rotatable bonds is 5. The summed E-state index contributed by atoms with van der Waals surface area (Å²) >= 11 is 25.1. The number of anilines is 2. The van der Waals surface area contributed by atoms with Gasteiger partial charge in [0.25, 0.3) is 0 Å². The molecule has 0 fully saturated rings. The fourth-order valence-corrected chi connectivity index (χ4v) is 5.03. The molecule has 0 saturated carbocycles. The highest BCUT2D eigenvalue weighted by molar-refractivity contribution is 7.80. The van der Waals surface area contributed by atoms with Gasteiger partial charge in [-0.3, -0.25) is 5.32 Å². The third kappa shape index (κ3) is 4.97. The number of thiocarbonyl (C=S) groups is 1. The fraction of sp³-hybridized carbons (Fsp3) is 0.100. The molecule has 0 aliphatic carbocycles. The largest absolute Gasteiger partial charge is 0.465 e. The highest BCUT2D eigenvalue weighted by Crippen LogP contribution is 2.37. The predicted octanol–water partition coefficient (Wildman–Crippen LogP) is 6.10. The first kappa shape index (κ1) is 22.8. The van der Waals surface area contributed by atoms with Gasteiger partial charge in [-0.25, -0.2) is 14.5 Å². The van der Waals surface area contributed by atoms with Gasteiger partial charge < -0.3 is 10.1 Å². The van der Waals surface area contributed by atoms with Gasteiger partial charge in [-0.2, -0.15) is 0 Å². The minimum atomic E-state index is -0.468. The van der Waals surface area contributed by atoms with Gasteiger partial charge in [-0.15, -0.1) is 16.4 Å². The number of nitrogens with one attached hydrogen (secondary N) is 2. The van der Waals surface area contributed by atoms with Crippen LogP contribution in [-0.2, 0) is 11.3 Å². The first-order valence-electron chi connectivity index (χ1n) is 9.06. The molecule has 0 aliphatic rings. The highest BCUT2D eigenvalue weighted by atomic mass is 35.5. The molecule has 2 aromatic heterocycles. The van der Waals surface area contributed by atoms with Crippen molar-refractivity contribution in [3.63, 3.8) is 0 Å². The summed E-state index contributed by atoms with van der Waals surface area (Å²) < 4.78 is 7.23. The highest BCUT2D eigenvalue weighted by Gasteiger charge is 2.18. The predicted molar refractivity (Wildman–Crippen MR) is 134 cm³/mol. The third-order valence-electron chi connectivity index (χ3n) is 4.37. The molecule has 0 bridgehead atoms. The number of carbonyl (C=O) groups is 1. The zero-order valence-corrected chi connectivity index (χ0v) is 20.3. The quantitative estimate of drug-likeness (QED) is 0.240. The second kappa shape index (κ2) is 9.60. The molecule has 0 radical (unpaired) electrons. The molecule has 2 N–H and O–H groups in total. The zero-order valence-electron chi connectivity index (χ0n) is 16.4. The van der Waals surface area contributed by atoms with Crippen molar-refractivity contribution in [3.8, 4) is 0 Å². The van der Waals surface area contributed by atoms with Crippen LogP contribution in [0.25, 0.3) is 10.1 Å². The summed E-state index contributed by atoms with van der Waals surface area (Å²) in [6.45, 7) is 0.434. The minimum Gasteiger partial charge on any atom is -0.465 e. The van der Waals surface area contributed by atoms with Crippen molar-refractivity contribution >= 4 is 91.2 Å². The molecule has 2 heterocycles. The minimum absolute atomic E-state index is 0.308. The van der Waals surface area contributed by atoms with Gasteiger partial charge in [0.1, 0.15) is 11.2 Å². The average molecular weight is 527 g/mol. The average Bonchev–Trinajstić information content (AvgIpc) is 3.33. The Hall–Kier alpha value is -2.43. The number of halogens is 3. The Balaban J connectivity index is 1.42. The van der Waals surface area contributed by atoms with Crippen molar-refractivity contribution in [3.05, 3.63) is 68.2 Å². The van der Waals surface area contributed by atoms with E-state index >= 15 is 0 Å². The fourth-order valence-electron chi connectivity index (χ4n) is 2.88. The Labute approximate surface area is 207 Å². The monoisotopic (exact) mass is 525 g/mol. The lowest BCUT2D eigenvalue weighted by Crippen LogP contribution is -2.20. The van der Waals surface area contributed by atoms with E-state index in [1.54, 1.807) is 23.1 Å². The van der Waals surface area contributed by atoms with Crippen molar-refractivity contribution in [1.82, 2.24) is 14.8 Å². The molecule has 2 aromatic carbocycles. The number of esters is 1. The maximum absolute atomic E-state index is 11.8. The number of hydrogen-bond acceptors (Lipinski definition) is 6. The molecule has 12 heteroatoms. The molecule has 0 unspecified atom stereocenters. The molecule has 0 atom stereocenters. The maximum Gasteiger partial charge on any atom is 0.349 e. The van der Waals surface area contributed by atoms with Crippen LogP contribution in [0.2, 0.25) is 15.1 Å². The second-order valence-electron chi connectivity index (χ2n) is 6.53. The van der Waals surface area contributed by atoms with Crippen molar-refractivity contribution in [2.24, 2.45) is 0 Å². The van der Waals surface area contributed by atoms with Crippen LogP contribution < -0.4 is 10.6 Å². The number of methoxy groups -OCH3 is 1. The summed E-state index contributed by atoms with van der Waals surface area (Å²) in [7, 11) is 1.32. The number of ether oxygens (including phenoxy) is 1. The standard InChI is InChI=1S/C20H14Cl3N5O2S2/c1-30-18(29)17-16(23)13-5-4-12(7-15(13)32-17)25-20(31)26-19-24-9-28(27-19)8-10-2-3-11(21)6-14(10)22/h2-7,9H,8H2,1H3,(H2,25,26,27,31). The smallest absolute Gasteiger partial charge is 0.349 e. The van der Waals surface area contributed by atoms with Crippen LogP contribution in [0.3, 0.4) is 0 Å². The second-order valence-corrected chi connectivity index (χ2v) is 9.21. The van der Waals surface area contributed by atoms with Crippen molar-refractivity contribution < 1.29 is 9.53 Å². The van der Waals surface area contributed by atoms with E-state index in [1.165, 1.54) is 18.4 Å². The van der Waals surface area contributed by atoms with Crippen molar-refractivity contribution in [2.75, 3.05) is 17.7 Å². The van der Waals surface area contributed by atoms with E-state index in [0.717, 1.165) is 21.3 Å². The normalized spacial score (nSPS) is 10.9. The first-order chi connectivity index (χ1) is 15.3. The molecular weight excluding hydrogens is 513 g/mol. The number of aromatic nitrogens is 3. The molecule has 32 heavy (non-hydrogen) atoms. The van der Waals surface area contributed by atoms with E-state index in [-0.39, 0.29) is 0 Å². The molecule has 0 saturated heterocycles. The van der Waals surface area contributed by atoms with E-state index in [2.05, 4.69) is 20.7 Å². The molecule has 4 rings (SSSR count). The van der Waals surface area contributed by atoms with Gasteiger partial charge in [-0.05, 0) is 48.1 Å². The van der Waals surface area contributed by atoms with E-state index < -0.39 is 5.97 Å². The summed E-state index contributed by atoms with van der Waals surface area (Å²) in [5, 5.41) is 12.9. The molecule has 0 aliphatic heterocycles. The van der Waals surface area contributed by atoms with Gasteiger partial charge >= 0.3 is 5.97 Å². The molecule has 0 amide bonds. The molecule has 7 nitrogen and oxygen atoms in total. The summed E-state index contributed by atoms with van der Waals surface area (Å²) in [5.74, 6) is -0.134. The molecule has 4 aromatic rings. The number of fused-ring (bicyclic) bond motifs is 1. The Kier molecular flexibility index (Phi) is 6.82. The van der Waals surface area contributed by atoms with Crippen LogP contribution in [0.4, 0.5) is 11.6 Å². The number of thiophene rings is 1. The Bertz CT molecular complexity index is 1340. The SMILES string of the molecule is COC(=O)c1sc2cc(NC(=S)Nc3ncn(Cc4ccc(Cl)cc4Cl)n3)ccc2c1Cl. The topological polar surface area (TPSA) is 81.1 Å². The first-order valence-corrected chi connectivity index (χ1v) is 11.4. The number of carbonyl (C=O) groups excluding carboxylic acids is 1. The number of hydrogen-bond donors (Lipinski definition) is 2. The Morgan fingerprint density at radius 2 is 2.00 bits per heavy atom. The maximum atomic E-state index is 11.8. The molecule has 0 spiro atoms. The Morgan fingerprint density at radius 3 is 2.75 bits per heavy atom. The summed E-state index contributed by atoms with van der Waals surface area (Å²) in [5.41, 5.74) is 1.58. The summed E-state index contributed by atoms with van der Waals surface area (Å²) in [6.07, 6.45) is 1.57. The lowest BCUT2D eigenvalue weighted by Gasteiger charge is -2.08. The van der Waals surface area contributed by atoms with Gasteiger partial charge in [0.15, 0.2) is 5.11 Å². The van der Waals surface area contributed by atoms with E-state index in [9.17, 15) is 4.79 Å². The molecular formula is C20H14Cl3N5O2S2. The summed E-state index contributed by atoms with van der Waals surface area (Å²) in [6, 6.07) is 10.8. The van der Waals surface area contributed by atoms with Crippen LogP contribution in [0, 0.1) is 0 Å². The number of nitrogens with zero attached hydrogens (tertiary/aromatic N) is 3. The van der Waals surface area contributed by atoms with Crippen molar-refractivity contribution in [1.29, 1.82) is 0 Å². The Morgan fingerprint density at radius 1 is 1.19 bits per heavy atom. The van der Waals surface area contributed by atoms with Gasteiger partial charge in [0.05, 0.1) is 18.7 Å². The summed E-state index contributed by atoms with van der Waals surface area (Å²) in [4.78, 5) is 16.4.